The van der Waals surface area contributed by atoms with Crippen LogP contribution in [0.1, 0.15) is 23.3 Å². The van der Waals surface area contributed by atoms with E-state index in [1.165, 1.54) is 6.20 Å². The summed E-state index contributed by atoms with van der Waals surface area (Å²) in [4.78, 5) is 40.0. The Hall–Kier alpha value is -2.30. The van der Waals surface area contributed by atoms with Gasteiger partial charge in [-0.25, -0.2) is 4.98 Å². The third-order valence-corrected chi connectivity index (χ3v) is 4.18. The van der Waals surface area contributed by atoms with Gasteiger partial charge in [-0.2, -0.15) is 0 Å². The van der Waals surface area contributed by atoms with Gasteiger partial charge in [-0.1, -0.05) is 0 Å². The molecule has 0 bridgehead atoms. The molecule has 3 heterocycles. The smallest absolute Gasteiger partial charge is 0.290 e. The van der Waals surface area contributed by atoms with Crippen LogP contribution in [0.4, 0.5) is 0 Å². The predicted octanol–water partition coefficient (Wildman–Crippen LogP) is -1.58. The molecular formula is C15H22N4O6. The van der Waals surface area contributed by atoms with Crippen molar-refractivity contribution in [1.29, 1.82) is 0 Å². The summed E-state index contributed by atoms with van der Waals surface area (Å²) in [7, 11) is 0. The molecule has 2 aliphatic heterocycles. The van der Waals surface area contributed by atoms with Gasteiger partial charge in [-0.15, -0.1) is 0 Å². The molecule has 2 fully saturated rings. The Bertz CT molecular complexity index is 616. The van der Waals surface area contributed by atoms with E-state index in [1.807, 2.05) is 0 Å². The predicted molar refractivity (Wildman–Crippen MR) is 86.2 cm³/mol. The number of H-pyrrole nitrogens is 1. The van der Waals surface area contributed by atoms with Gasteiger partial charge in [0.1, 0.15) is 5.69 Å². The Morgan fingerprint density at radius 2 is 2.28 bits per heavy atom. The molecule has 1 amide bonds. The van der Waals surface area contributed by atoms with Crippen LogP contribution in [0.5, 0.6) is 0 Å². The van der Waals surface area contributed by atoms with Gasteiger partial charge >= 0.3 is 0 Å². The summed E-state index contributed by atoms with van der Waals surface area (Å²) < 4.78 is 5.72. The number of hydrogen-bond acceptors (Lipinski definition) is 7. The first-order valence-electron chi connectivity index (χ1n) is 7.97. The Morgan fingerprint density at radius 3 is 2.92 bits per heavy atom. The van der Waals surface area contributed by atoms with E-state index < -0.39 is 0 Å². The van der Waals surface area contributed by atoms with Crippen molar-refractivity contribution in [2.24, 2.45) is 0 Å². The van der Waals surface area contributed by atoms with E-state index in [0.29, 0.717) is 19.1 Å². The average molecular weight is 354 g/mol. The summed E-state index contributed by atoms with van der Waals surface area (Å²) >= 11 is 0. The van der Waals surface area contributed by atoms with Gasteiger partial charge in [0.2, 0.25) is 0 Å². The van der Waals surface area contributed by atoms with Gasteiger partial charge in [-0.05, 0) is 12.8 Å². The molecule has 0 aliphatic carbocycles. The number of aromatic amines is 1. The zero-order valence-corrected chi connectivity index (χ0v) is 13.6. The summed E-state index contributed by atoms with van der Waals surface area (Å²) in [5.74, 6) is -0.283. The van der Waals surface area contributed by atoms with E-state index in [-0.39, 0.29) is 42.4 Å². The molecule has 2 aliphatic rings. The van der Waals surface area contributed by atoms with Crippen molar-refractivity contribution in [3.8, 4) is 0 Å². The molecule has 0 radical (unpaired) electrons. The second kappa shape index (κ2) is 9.25. The number of nitrogens with zero attached hydrogens (tertiary/aromatic N) is 2. The number of ether oxygens (including phenoxy) is 1. The van der Waals surface area contributed by atoms with Gasteiger partial charge in [0, 0.05) is 38.0 Å². The molecule has 1 aromatic heterocycles. The molecule has 0 aromatic carbocycles. The number of fused-ring (bicyclic) bond motifs is 1. The number of morpholine rings is 1. The van der Waals surface area contributed by atoms with Crippen LogP contribution >= 0.6 is 0 Å². The first-order valence-corrected chi connectivity index (χ1v) is 7.97. The largest absolute Gasteiger partial charge is 0.483 e. The van der Waals surface area contributed by atoms with E-state index in [0.717, 1.165) is 25.7 Å². The van der Waals surface area contributed by atoms with Crippen LogP contribution in [0.25, 0.3) is 0 Å². The number of rotatable bonds is 4. The Kier molecular flexibility index (Phi) is 7.04. The van der Waals surface area contributed by atoms with Crippen LogP contribution in [-0.2, 0) is 9.53 Å². The minimum absolute atomic E-state index is 0.0442. The second-order valence-electron chi connectivity index (χ2n) is 5.88. The molecule has 10 nitrogen and oxygen atoms in total. The van der Waals surface area contributed by atoms with E-state index in [4.69, 9.17) is 19.7 Å². The molecule has 138 valence electrons. The minimum Gasteiger partial charge on any atom is -0.483 e. The molecular weight excluding hydrogens is 332 g/mol. The molecule has 1 aromatic rings. The van der Waals surface area contributed by atoms with Gasteiger partial charge in [-0.3, -0.25) is 19.3 Å². The van der Waals surface area contributed by atoms with Crippen molar-refractivity contribution in [3.05, 3.63) is 28.4 Å². The number of aliphatic hydroxyl groups is 1. The number of amides is 1. The third kappa shape index (κ3) is 5.34. The van der Waals surface area contributed by atoms with Crippen LogP contribution in [0.2, 0.25) is 0 Å². The maximum absolute atomic E-state index is 12.1. The lowest BCUT2D eigenvalue weighted by atomic mass is 10.1. The number of hydrogen-bond donors (Lipinski definition) is 4. The highest BCUT2D eigenvalue weighted by molar-refractivity contribution is 5.92. The van der Waals surface area contributed by atoms with Crippen molar-refractivity contribution >= 4 is 12.4 Å². The summed E-state index contributed by atoms with van der Waals surface area (Å²) in [6.07, 6.45) is 3.96. The fourth-order valence-corrected chi connectivity index (χ4v) is 3.09. The van der Waals surface area contributed by atoms with E-state index in [9.17, 15) is 9.59 Å². The second-order valence-corrected chi connectivity index (χ2v) is 5.88. The van der Waals surface area contributed by atoms with E-state index in [1.54, 1.807) is 0 Å². The normalized spacial score (nSPS) is 25.4. The fourth-order valence-electron chi connectivity index (χ4n) is 3.09. The summed E-state index contributed by atoms with van der Waals surface area (Å²) in [6.45, 7) is 2.06. The summed E-state index contributed by atoms with van der Waals surface area (Å²) in [5, 5.41) is 18.8. The molecule has 2 saturated heterocycles. The molecule has 4 N–H and O–H groups in total. The Morgan fingerprint density at radius 1 is 1.52 bits per heavy atom. The molecule has 0 spiro atoms. The first kappa shape index (κ1) is 19.0. The average Bonchev–Trinajstić information content (AvgIpc) is 2.98. The van der Waals surface area contributed by atoms with Crippen molar-refractivity contribution in [3.63, 3.8) is 0 Å². The highest BCUT2D eigenvalue weighted by atomic mass is 16.5. The van der Waals surface area contributed by atoms with Gasteiger partial charge in [0.15, 0.2) is 0 Å². The number of carbonyl (C=O) groups is 2. The van der Waals surface area contributed by atoms with Crippen LogP contribution < -0.4 is 10.9 Å². The van der Waals surface area contributed by atoms with Crippen LogP contribution in [-0.4, -0.2) is 82.0 Å². The van der Waals surface area contributed by atoms with Crippen LogP contribution in [0, 0.1) is 0 Å². The zero-order valence-electron chi connectivity index (χ0n) is 13.6. The number of aromatic nitrogens is 2. The number of carbonyl (C=O) groups excluding carboxylic acids is 1. The third-order valence-electron chi connectivity index (χ3n) is 4.18. The van der Waals surface area contributed by atoms with Crippen molar-refractivity contribution < 1.29 is 24.5 Å². The van der Waals surface area contributed by atoms with Crippen molar-refractivity contribution in [2.75, 3.05) is 26.3 Å². The number of nitrogens with one attached hydrogen (secondary N) is 2. The zero-order chi connectivity index (χ0) is 18.2. The Balaban J connectivity index is 0.000000701. The fraction of sp³-hybridized carbons (Fsp3) is 0.600. The maximum Gasteiger partial charge on any atom is 0.290 e. The van der Waals surface area contributed by atoms with Gasteiger partial charge in [0.05, 0.1) is 18.9 Å². The summed E-state index contributed by atoms with van der Waals surface area (Å²) in [6, 6.07) is 0.353. The first-order chi connectivity index (χ1) is 12.1. The lowest BCUT2D eigenvalue weighted by Gasteiger charge is -2.34. The SMILES string of the molecule is O=C(N[C@@H]1C[C@H]2CO[C@@H](CCO)CN2C1)c1c[nH]c(=O)cn1.O=CO. The number of aliphatic hydroxyl groups excluding tert-OH is 1. The van der Waals surface area contributed by atoms with Crippen LogP contribution in [0.15, 0.2) is 17.2 Å². The highest BCUT2D eigenvalue weighted by Gasteiger charge is 2.37. The van der Waals surface area contributed by atoms with Gasteiger partial charge < -0.3 is 25.3 Å². The lowest BCUT2D eigenvalue weighted by molar-refractivity contribution is -0.122. The molecule has 25 heavy (non-hydrogen) atoms. The topological polar surface area (TPSA) is 145 Å². The van der Waals surface area contributed by atoms with E-state index >= 15 is 0 Å². The molecule has 3 rings (SSSR count). The molecule has 0 unspecified atom stereocenters. The molecule has 10 heteroatoms. The molecule has 3 atom stereocenters. The Labute approximate surface area is 143 Å². The highest BCUT2D eigenvalue weighted by Crippen LogP contribution is 2.24. The van der Waals surface area contributed by atoms with E-state index in [2.05, 4.69) is 20.2 Å². The quantitative estimate of drug-likeness (QED) is 0.474. The summed E-state index contributed by atoms with van der Waals surface area (Å²) in [5.41, 5.74) is -0.125. The molecule has 0 saturated carbocycles. The monoisotopic (exact) mass is 354 g/mol. The van der Waals surface area contributed by atoms with Crippen LogP contribution in [0.3, 0.4) is 0 Å². The van der Waals surface area contributed by atoms with Gasteiger partial charge in [0.25, 0.3) is 17.9 Å². The minimum atomic E-state index is -0.332. The number of carboxylic acid groups (broad SMARTS) is 1. The standard InChI is InChI=1S/C14H20N4O4.CH2O2/c19-2-1-11-7-18-6-9(3-10(18)8-22-11)17-14(21)12-4-16-13(20)5-15-12;2-1-3/h4-5,9-11,19H,1-3,6-8H2,(H,16,20)(H,17,21);1H,(H,2,3)/t9-,10+,11+;/m1./s1. The maximum atomic E-state index is 12.1. The van der Waals surface area contributed by atoms with Crippen molar-refractivity contribution in [2.45, 2.75) is 31.0 Å². The van der Waals surface area contributed by atoms with Crippen molar-refractivity contribution in [1.82, 2.24) is 20.2 Å². The lowest BCUT2D eigenvalue weighted by Crippen LogP contribution is -2.46.